The van der Waals surface area contributed by atoms with Gasteiger partial charge in [0.15, 0.2) is 12.4 Å². The van der Waals surface area contributed by atoms with Crippen molar-refractivity contribution < 1.29 is 33.7 Å². The van der Waals surface area contributed by atoms with Crippen molar-refractivity contribution in [2.24, 2.45) is 28.6 Å². The third-order valence-electron chi connectivity index (χ3n) is 8.89. The Labute approximate surface area is 175 Å². The van der Waals surface area contributed by atoms with Crippen LogP contribution in [0.4, 0.5) is 4.39 Å². The second kappa shape index (κ2) is 6.95. The van der Waals surface area contributed by atoms with E-state index in [4.69, 9.17) is 4.74 Å². The van der Waals surface area contributed by atoms with Crippen LogP contribution in [0, 0.1) is 28.6 Å². The van der Waals surface area contributed by atoms with Gasteiger partial charge in [0.25, 0.3) is 0 Å². The standard InChI is InChI=1S/C23H31FO6/c1-12(25)30-11-19(28)23(29)7-5-15-14-9-17(24)16-8-13(26)4-6-21(16,2)20(14)18(27)10-22(15,23)3/h8,14-15,17-18,20,27,29H,4-7,9-11H2,1-3H3/t14?,15?,17-,18+,20?,21?,22?,23-/m0/s1. The molecule has 3 saturated carbocycles. The number of hydrogen-bond donors (Lipinski definition) is 2. The van der Waals surface area contributed by atoms with E-state index >= 15 is 4.39 Å². The van der Waals surface area contributed by atoms with Gasteiger partial charge in [0.2, 0.25) is 5.78 Å². The van der Waals surface area contributed by atoms with Crippen molar-refractivity contribution in [1.82, 2.24) is 0 Å². The maximum Gasteiger partial charge on any atom is 0.303 e. The van der Waals surface area contributed by atoms with E-state index in [0.29, 0.717) is 24.8 Å². The summed E-state index contributed by atoms with van der Waals surface area (Å²) in [6, 6.07) is 0. The fourth-order valence-electron chi connectivity index (χ4n) is 7.44. The number of fused-ring (bicyclic) bond motifs is 5. The molecular formula is C23H31FO6. The van der Waals surface area contributed by atoms with Gasteiger partial charge in [0.1, 0.15) is 11.8 Å². The van der Waals surface area contributed by atoms with Crippen molar-refractivity contribution in [3.63, 3.8) is 0 Å². The molecule has 2 N–H and O–H groups in total. The normalized spacial score (nSPS) is 47.6. The third kappa shape index (κ3) is 2.84. The first-order valence-corrected chi connectivity index (χ1v) is 10.9. The molecule has 0 aromatic carbocycles. The summed E-state index contributed by atoms with van der Waals surface area (Å²) in [5, 5.41) is 22.7. The zero-order valence-electron chi connectivity index (χ0n) is 17.8. The number of alkyl halides is 1. The van der Waals surface area contributed by atoms with Crippen LogP contribution in [-0.2, 0) is 19.1 Å². The minimum absolute atomic E-state index is 0.0648. The molecule has 5 unspecified atom stereocenters. The number of Topliss-reactive ketones (excluding diaryl/α,β-unsaturated/α-hetero) is 1. The van der Waals surface area contributed by atoms with E-state index in [0.717, 1.165) is 0 Å². The summed E-state index contributed by atoms with van der Waals surface area (Å²) in [5.74, 6) is -1.76. The molecule has 0 aliphatic heterocycles. The molecule has 0 bridgehead atoms. The van der Waals surface area contributed by atoms with Crippen molar-refractivity contribution in [1.29, 1.82) is 0 Å². The van der Waals surface area contributed by atoms with Gasteiger partial charge in [-0.1, -0.05) is 13.8 Å². The minimum atomic E-state index is -1.72. The van der Waals surface area contributed by atoms with Gasteiger partial charge >= 0.3 is 5.97 Å². The van der Waals surface area contributed by atoms with Crippen LogP contribution in [0.2, 0.25) is 0 Å². The molecule has 4 aliphatic rings. The molecule has 3 fully saturated rings. The summed E-state index contributed by atoms with van der Waals surface area (Å²) in [7, 11) is 0. The van der Waals surface area contributed by atoms with Crippen LogP contribution in [0.15, 0.2) is 11.6 Å². The lowest BCUT2D eigenvalue weighted by Crippen LogP contribution is -2.63. The van der Waals surface area contributed by atoms with Crippen molar-refractivity contribution in [2.45, 2.75) is 77.2 Å². The number of hydrogen-bond acceptors (Lipinski definition) is 6. The first-order chi connectivity index (χ1) is 13.9. The molecule has 166 valence electrons. The molecule has 0 aromatic rings. The Hall–Kier alpha value is -1.60. The molecule has 0 amide bonds. The smallest absolute Gasteiger partial charge is 0.303 e. The molecule has 30 heavy (non-hydrogen) atoms. The number of halogens is 1. The van der Waals surface area contributed by atoms with Crippen LogP contribution < -0.4 is 0 Å². The van der Waals surface area contributed by atoms with E-state index in [-0.39, 0.29) is 42.8 Å². The van der Waals surface area contributed by atoms with Gasteiger partial charge < -0.3 is 14.9 Å². The Balaban J connectivity index is 1.69. The summed E-state index contributed by atoms with van der Waals surface area (Å²) >= 11 is 0. The minimum Gasteiger partial charge on any atom is -0.458 e. The lowest BCUT2D eigenvalue weighted by Gasteiger charge is -2.61. The molecule has 4 aliphatic carbocycles. The SMILES string of the molecule is CC(=O)OCC(=O)[C@@]1(O)CCC2C3C[C@H](F)C4=CC(=O)CCC4(C)C3[C@H](O)CC21C. The van der Waals surface area contributed by atoms with Crippen molar-refractivity contribution in [2.75, 3.05) is 6.61 Å². The molecule has 6 nitrogen and oxygen atoms in total. The average Bonchev–Trinajstić information content (AvgIpc) is 2.93. The molecule has 0 radical (unpaired) electrons. The Kier molecular flexibility index (Phi) is 5.01. The highest BCUT2D eigenvalue weighted by Crippen LogP contribution is 2.67. The Bertz CT molecular complexity index is 823. The van der Waals surface area contributed by atoms with Crippen LogP contribution in [0.25, 0.3) is 0 Å². The van der Waals surface area contributed by atoms with Crippen LogP contribution in [0.3, 0.4) is 0 Å². The highest BCUT2D eigenvalue weighted by atomic mass is 19.1. The van der Waals surface area contributed by atoms with Gasteiger partial charge in [-0.2, -0.15) is 0 Å². The lowest BCUT2D eigenvalue weighted by molar-refractivity contribution is -0.186. The number of carbonyl (C=O) groups is 3. The number of esters is 1. The Morgan fingerprint density at radius 3 is 2.67 bits per heavy atom. The number of aliphatic hydroxyl groups is 2. The summed E-state index contributed by atoms with van der Waals surface area (Å²) in [5.41, 5.74) is -2.74. The van der Waals surface area contributed by atoms with Gasteiger partial charge in [-0.05, 0) is 66.9 Å². The summed E-state index contributed by atoms with van der Waals surface area (Å²) < 4.78 is 20.1. The van der Waals surface area contributed by atoms with E-state index in [1.54, 1.807) is 6.92 Å². The first kappa shape index (κ1) is 21.6. The Morgan fingerprint density at radius 1 is 1.30 bits per heavy atom. The van der Waals surface area contributed by atoms with E-state index in [2.05, 4.69) is 0 Å². The molecule has 0 saturated heterocycles. The van der Waals surface area contributed by atoms with E-state index in [1.807, 2.05) is 6.92 Å². The molecule has 4 rings (SSSR count). The van der Waals surface area contributed by atoms with Gasteiger partial charge in [-0.25, -0.2) is 4.39 Å². The molecule has 8 atom stereocenters. The first-order valence-electron chi connectivity index (χ1n) is 10.9. The molecule has 0 heterocycles. The number of aliphatic hydroxyl groups excluding tert-OH is 1. The fraction of sp³-hybridized carbons (Fsp3) is 0.783. The van der Waals surface area contributed by atoms with Gasteiger partial charge in [0.05, 0.1) is 6.10 Å². The zero-order valence-corrected chi connectivity index (χ0v) is 17.8. The van der Waals surface area contributed by atoms with Gasteiger partial charge in [0, 0.05) is 18.8 Å². The number of ether oxygens (including phenoxy) is 1. The van der Waals surface area contributed by atoms with E-state index < -0.39 is 47.1 Å². The lowest BCUT2D eigenvalue weighted by atomic mass is 9.45. The summed E-state index contributed by atoms with van der Waals surface area (Å²) in [6.07, 6.45) is 1.37. The van der Waals surface area contributed by atoms with E-state index in [1.165, 1.54) is 13.0 Å². The molecule has 7 heteroatoms. The number of ketones is 2. The largest absolute Gasteiger partial charge is 0.458 e. The maximum atomic E-state index is 15.3. The predicted molar refractivity (Wildman–Crippen MR) is 105 cm³/mol. The molecular weight excluding hydrogens is 391 g/mol. The van der Waals surface area contributed by atoms with Crippen LogP contribution >= 0.6 is 0 Å². The third-order valence-corrected chi connectivity index (χ3v) is 8.89. The average molecular weight is 422 g/mol. The quantitative estimate of drug-likeness (QED) is 0.677. The van der Waals surface area contributed by atoms with Crippen molar-refractivity contribution in [3.8, 4) is 0 Å². The zero-order chi connectivity index (χ0) is 22.1. The van der Waals surface area contributed by atoms with Gasteiger partial charge in [-0.3, -0.25) is 14.4 Å². The second-order valence-corrected chi connectivity index (χ2v) is 10.3. The fourth-order valence-corrected chi connectivity index (χ4v) is 7.44. The molecule has 0 aromatic heterocycles. The molecule has 0 spiro atoms. The monoisotopic (exact) mass is 422 g/mol. The Morgan fingerprint density at radius 2 is 2.00 bits per heavy atom. The van der Waals surface area contributed by atoms with Gasteiger partial charge in [-0.15, -0.1) is 0 Å². The highest BCUT2D eigenvalue weighted by Gasteiger charge is 2.69. The summed E-state index contributed by atoms with van der Waals surface area (Å²) in [6.45, 7) is 4.46. The van der Waals surface area contributed by atoms with Crippen molar-refractivity contribution >= 4 is 17.5 Å². The number of carbonyl (C=O) groups excluding carboxylic acids is 3. The number of rotatable bonds is 3. The second-order valence-electron chi connectivity index (χ2n) is 10.3. The summed E-state index contributed by atoms with van der Waals surface area (Å²) in [4.78, 5) is 35.9. The highest BCUT2D eigenvalue weighted by molar-refractivity contribution is 5.92. The maximum absolute atomic E-state index is 15.3. The van der Waals surface area contributed by atoms with Crippen LogP contribution in [0.5, 0.6) is 0 Å². The predicted octanol–water partition coefficient (Wildman–Crippen LogP) is 2.30. The van der Waals surface area contributed by atoms with Crippen LogP contribution in [0.1, 0.15) is 59.3 Å². The topological polar surface area (TPSA) is 101 Å². The van der Waals surface area contributed by atoms with E-state index in [9.17, 15) is 24.6 Å². The number of allylic oxidation sites excluding steroid dienone is 1. The van der Waals surface area contributed by atoms with Crippen LogP contribution in [-0.4, -0.2) is 52.2 Å². The van der Waals surface area contributed by atoms with Crippen molar-refractivity contribution in [3.05, 3.63) is 11.6 Å².